The number of thioether (sulfide) groups is 1. The Bertz CT molecular complexity index is 1010. The molecule has 0 spiro atoms. The first-order valence-corrected chi connectivity index (χ1v) is 11.0. The summed E-state index contributed by atoms with van der Waals surface area (Å²) in [6.45, 7) is 7.91. The molecule has 7 nitrogen and oxygen atoms in total. The molecule has 0 radical (unpaired) electrons. The fourth-order valence-corrected chi connectivity index (χ4v) is 4.03. The van der Waals surface area contributed by atoms with Crippen molar-refractivity contribution in [3.8, 4) is 11.5 Å². The molecule has 0 fully saturated rings. The summed E-state index contributed by atoms with van der Waals surface area (Å²) < 4.78 is 13.4. The number of carbonyl (C=O) groups excluding carboxylic acids is 1. The summed E-state index contributed by atoms with van der Waals surface area (Å²) in [6.07, 6.45) is -0.329. The minimum absolute atomic E-state index is 0.0864. The van der Waals surface area contributed by atoms with Crippen LogP contribution in [0.1, 0.15) is 45.7 Å². The topological polar surface area (TPSA) is 78.3 Å². The first-order valence-electron chi connectivity index (χ1n) is 10.2. The molecule has 1 amide bonds. The molecule has 3 rings (SSSR count). The molecular formula is C23H28N4O3S. The number of hydrogen-bond donors (Lipinski definition) is 1. The van der Waals surface area contributed by atoms with Crippen molar-refractivity contribution >= 4 is 23.4 Å². The summed E-state index contributed by atoms with van der Waals surface area (Å²) in [7, 11) is 1.62. The molecule has 1 heterocycles. The van der Waals surface area contributed by atoms with Gasteiger partial charge in [-0.25, -0.2) is 0 Å². The van der Waals surface area contributed by atoms with Gasteiger partial charge in [0, 0.05) is 17.8 Å². The Morgan fingerprint density at radius 3 is 2.39 bits per heavy atom. The van der Waals surface area contributed by atoms with E-state index < -0.39 is 0 Å². The summed E-state index contributed by atoms with van der Waals surface area (Å²) in [4.78, 5) is 12.6. The molecule has 31 heavy (non-hydrogen) atoms. The molecule has 0 saturated heterocycles. The number of methoxy groups -OCH3 is 1. The first-order chi connectivity index (χ1) is 14.9. The van der Waals surface area contributed by atoms with Crippen LogP contribution >= 0.6 is 11.8 Å². The lowest BCUT2D eigenvalue weighted by molar-refractivity contribution is -0.115. The summed E-state index contributed by atoms with van der Waals surface area (Å²) in [5, 5.41) is 12.0. The van der Waals surface area contributed by atoms with Crippen LogP contribution in [0.25, 0.3) is 0 Å². The van der Waals surface area contributed by atoms with E-state index in [1.807, 2.05) is 73.0 Å². The van der Waals surface area contributed by atoms with Crippen molar-refractivity contribution in [2.24, 2.45) is 0 Å². The van der Waals surface area contributed by atoms with Crippen LogP contribution in [0.3, 0.4) is 0 Å². The Labute approximate surface area is 187 Å². The largest absolute Gasteiger partial charge is 0.497 e. The normalized spacial score (nSPS) is 13.0. The van der Waals surface area contributed by atoms with Crippen LogP contribution in [0.5, 0.6) is 11.5 Å². The molecule has 0 bridgehead atoms. The van der Waals surface area contributed by atoms with Gasteiger partial charge in [-0.3, -0.25) is 4.79 Å². The van der Waals surface area contributed by atoms with Gasteiger partial charge in [0.05, 0.1) is 12.4 Å². The lowest BCUT2D eigenvalue weighted by Gasteiger charge is -2.20. The van der Waals surface area contributed by atoms with Gasteiger partial charge in [-0.2, -0.15) is 0 Å². The lowest BCUT2D eigenvalue weighted by atomic mass is 10.3. The van der Waals surface area contributed by atoms with Gasteiger partial charge in [0.2, 0.25) is 5.91 Å². The van der Waals surface area contributed by atoms with Crippen LogP contribution in [-0.2, 0) is 4.79 Å². The second kappa shape index (κ2) is 10.3. The number of anilines is 1. The molecule has 0 aliphatic carbocycles. The number of hydrogen-bond acceptors (Lipinski definition) is 6. The number of amides is 1. The molecule has 0 saturated carbocycles. The Kier molecular flexibility index (Phi) is 7.57. The first kappa shape index (κ1) is 22.7. The number of aromatic nitrogens is 3. The highest BCUT2D eigenvalue weighted by Crippen LogP contribution is 2.30. The molecule has 3 aromatic rings. The minimum atomic E-state index is -0.343. The Morgan fingerprint density at radius 1 is 1.00 bits per heavy atom. The average Bonchev–Trinajstić information content (AvgIpc) is 3.18. The van der Waals surface area contributed by atoms with Gasteiger partial charge in [-0.15, -0.1) is 10.2 Å². The van der Waals surface area contributed by atoms with Gasteiger partial charge >= 0.3 is 0 Å². The van der Waals surface area contributed by atoms with Gasteiger partial charge < -0.3 is 19.4 Å². The van der Waals surface area contributed by atoms with Gasteiger partial charge in [0.15, 0.2) is 17.1 Å². The average molecular weight is 441 g/mol. The number of benzene rings is 2. The molecular weight excluding hydrogens is 412 g/mol. The van der Waals surface area contributed by atoms with Crippen molar-refractivity contribution in [1.29, 1.82) is 0 Å². The lowest BCUT2D eigenvalue weighted by Crippen LogP contribution is -2.23. The molecule has 0 aliphatic heterocycles. The maximum atomic E-state index is 12.6. The fourth-order valence-electron chi connectivity index (χ4n) is 3.04. The van der Waals surface area contributed by atoms with E-state index in [0.717, 1.165) is 11.4 Å². The Balaban J connectivity index is 1.74. The second-order valence-electron chi connectivity index (χ2n) is 7.36. The summed E-state index contributed by atoms with van der Waals surface area (Å²) in [5.41, 5.74) is 0.770. The van der Waals surface area contributed by atoms with Crippen LogP contribution < -0.4 is 14.8 Å². The molecule has 2 unspecified atom stereocenters. The standard InChI is InChI=1S/C23H28N4O3S/c1-15(2)27-21(16(3)30-20-13-9-12-19(14-20)29-5)25-26-23(27)31-17(4)22(28)24-18-10-7-6-8-11-18/h6-17H,1-5H3,(H,24,28). The number of nitrogens with zero attached hydrogens (tertiary/aromatic N) is 3. The summed E-state index contributed by atoms with van der Waals surface area (Å²) in [5.74, 6) is 2.03. The highest BCUT2D eigenvalue weighted by atomic mass is 32.2. The van der Waals surface area contributed by atoms with E-state index in [1.165, 1.54) is 11.8 Å². The molecule has 1 N–H and O–H groups in total. The SMILES string of the molecule is COc1cccc(OC(C)c2nnc(SC(C)C(=O)Nc3ccccc3)n2C(C)C)c1. The molecule has 8 heteroatoms. The van der Waals surface area contributed by atoms with Crippen molar-refractivity contribution in [2.75, 3.05) is 12.4 Å². The highest BCUT2D eigenvalue weighted by Gasteiger charge is 2.25. The fraction of sp³-hybridized carbons (Fsp3) is 0.348. The van der Waals surface area contributed by atoms with Crippen molar-refractivity contribution in [2.45, 2.75) is 50.2 Å². The number of rotatable bonds is 9. The van der Waals surface area contributed by atoms with Gasteiger partial charge in [-0.1, -0.05) is 36.0 Å². The number of carbonyl (C=O) groups is 1. The maximum absolute atomic E-state index is 12.6. The monoisotopic (exact) mass is 440 g/mol. The van der Waals surface area contributed by atoms with Crippen LogP contribution in [0.4, 0.5) is 5.69 Å². The predicted molar refractivity (Wildman–Crippen MR) is 123 cm³/mol. The van der Waals surface area contributed by atoms with Gasteiger partial charge in [0.1, 0.15) is 11.5 Å². The van der Waals surface area contributed by atoms with Crippen molar-refractivity contribution < 1.29 is 14.3 Å². The van der Waals surface area contributed by atoms with E-state index in [1.54, 1.807) is 7.11 Å². The van der Waals surface area contributed by atoms with E-state index >= 15 is 0 Å². The van der Waals surface area contributed by atoms with E-state index in [-0.39, 0.29) is 23.3 Å². The molecule has 164 valence electrons. The third kappa shape index (κ3) is 5.79. The predicted octanol–water partition coefficient (Wildman–Crippen LogP) is 5.13. The Hall–Kier alpha value is -3.00. The molecule has 0 aliphatic rings. The van der Waals surface area contributed by atoms with Gasteiger partial charge in [-0.05, 0) is 52.0 Å². The smallest absolute Gasteiger partial charge is 0.237 e. The highest BCUT2D eigenvalue weighted by molar-refractivity contribution is 8.00. The van der Waals surface area contributed by atoms with E-state index in [4.69, 9.17) is 9.47 Å². The molecule has 1 aromatic heterocycles. The third-order valence-corrected chi connectivity index (χ3v) is 5.67. The minimum Gasteiger partial charge on any atom is -0.497 e. The molecule has 2 atom stereocenters. The third-order valence-electron chi connectivity index (χ3n) is 4.62. The zero-order valence-electron chi connectivity index (χ0n) is 18.4. The number of ether oxygens (including phenoxy) is 2. The van der Waals surface area contributed by atoms with Crippen molar-refractivity contribution in [1.82, 2.24) is 14.8 Å². The second-order valence-corrected chi connectivity index (χ2v) is 8.67. The quantitative estimate of drug-likeness (QED) is 0.465. The van der Waals surface area contributed by atoms with Crippen molar-refractivity contribution in [3.63, 3.8) is 0 Å². The van der Waals surface area contributed by atoms with Crippen LogP contribution in [0.15, 0.2) is 59.8 Å². The number of para-hydroxylation sites is 1. The van der Waals surface area contributed by atoms with Crippen LogP contribution in [-0.4, -0.2) is 33.0 Å². The van der Waals surface area contributed by atoms with E-state index in [9.17, 15) is 4.79 Å². The van der Waals surface area contributed by atoms with Crippen molar-refractivity contribution in [3.05, 3.63) is 60.4 Å². The Morgan fingerprint density at radius 2 is 1.71 bits per heavy atom. The van der Waals surface area contributed by atoms with Crippen LogP contribution in [0.2, 0.25) is 0 Å². The summed E-state index contributed by atoms with van der Waals surface area (Å²) >= 11 is 1.38. The molecule has 2 aromatic carbocycles. The van der Waals surface area contributed by atoms with Crippen LogP contribution in [0, 0.1) is 0 Å². The summed E-state index contributed by atoms with van der Waals surface area (Å²) in [6, 6.07) is 17.0. The van der Waals surface area contributed by atoms with E-state index in [2.05, 4.69) is 29.4 Å². The number of nitrogens with one attached hydrogen (secondary N) is 1. The van der Waals surface area contributed by atoms with E-state index in [0.29, 0.717) is 16.7 Å². The maximum Gasteiger partial charge on any atom is 0.237 e. The van der Waals surface area contributed by atoms with Gasteiger partial charge in [0.25, 0.3) is 0 Å². The zero-order valence-corrected chi connectivity index (χ0v) is 19.2. The zero-order chi connectivity index (χ0) is 22.4.